The van der Waals surface area contributed by atoms with E-state index >= 15 is 0 Å². The van der Waals surface area contributed by atoms with Crippen molar-refractivity contribution in [3.05, 3.63) is 38.1 Å². The fourth-order valence-corrected chi connectivity index (χ4v) is 9.76. The van der Waals surface area contributed by atoms with Crippen LogP contribution in [0.1, 0.15) is 0 Å². The van der Waals surface area contributed by atoms with E-state index in [2.05, 4.69) is 12.5 Å². The van der Waals surface area contributed by atoms with Crippen molar-refractivity contribution in [3.8, 4) is 0 Å². The molecule has 0 aliphatic carbocycles. The van der Waals surface area contributed by atoms with Crippen LogP contribution in [0.25, 0.3) is 9.33 Å². The molecule has 0 saturated heterocycles. The van der Waals surface area contributed by atoms with Gasteiger partial charge in [0.25, 0.3) is 4.74 Å². The summed E-state index contributed by atoms with van der Waals surface area (Å²) in [7, 11) is 0. The molecule has 3 rings (SSSR count). The quantitative estimate of drug-likeness (QED) is 0.749. The fourth-order valence-electron chi connectivity index (χ4n) is 1.41. The molecule has 3 heterocycles. The van der Waals surface area contributed by atoms with E-state index in [-0.39, 0.29) is 4.74 Å². The molecular formula is C11H8O2S7. The first-order valence-electron chi connectivity index (χ1n) is 5.27. The van der Waals surface area contributed by atoms with Gasteiger partial charge in [-0.25, -0.2) is 0 Å². The number of ether oxygens (including phenoxy) is 1. The van der Waals surface area contributed by atoms with Crippen molar-refractivity contribution < 1.29 is 4.74 Å². The Bertz CT molecular complexity index is 739. The van der Waals surface area contributed by atoms with Crippen LogP contribution in [-0.2, 0) is 4.74 Å². The summed E-state index contributed by atoms with van der Waals surface area (Å²) in [5, 5.41) is 2.56. The van der Waals surface area contributed by atoms with E-state index < -0.39 is 0 Å². The molecule has 0 spiro atoms. The van der Waals surface area contributed by atoms with Gasteiger partial charge in [0.1, 0.15) is 8.38 Å². The van der Waals surface area contributed by atoms with Gasteiger partial charge in [0.05, 0.1) is 19.0 Å². The molecule has 0 fully saturated rings. The highest BCUT2D eigenvalue weighted by Crippen LogP contribution is 2.56. The van der Waals surface area contributed by atoms with Crippen molar-refractivity contribution in [3.63, 3.8) is 0 Å². The minimum Gasteiger partial charge on any atom is -0.456 e. The Hall–Kier alpha value is 0.620. The van der Waals surface area contributed by atoms with Crippen LogP contribution in [0.2, 0.25) is 0 Å². The van der Waals surface area contributed by atoms with Crippen molar-refractivity contribution in [2.75, 3.05) is 12.5 Å². The fraction of sp³-hybridized carbons (Fsp3) is 0.182. The third-order valence-corrected chi connectivity index (χ3v) is 11.2. The summed E-state index contributed by atoms with van der Waals surface area (Å²) in [5.41, 5.74) is 0. The highest BCUT2D eigenvalue weighted by atomic mass is 32.3. The van der Waals surface area contributed by atoms with Crippen LogP contribution >= 0.6 is 81.5 Å². The van der Waals surface area contributed by atoms with E-state index in [1.165, 1.54) is 47.1 Å². The van der Waals surface area contributed by atoms with Gasteiger partial charge >= 0.3 is 0 Å². The summed E-state index contributed by atoms with van der Waals surface area (Å²) in [6.07, 6.45) is 5.80. The van der Waals surface area contributed by atoms with E-state index in [0.29, 0.717) is 5.09 Å². The Morgan fingerprint density at radius 3 is 2.35 bits per heavy atom. The van der Waals surface area contributed by atoms with Gasteiger partial charge in [0.2, 0.25) is 0 Å². The highest BCUT2D eigenvalue weighted by molar-refractivity contribution is 8.45. The van der Waals surface area contributed by atoms with Crippen LogP contribution in [0, 0.1) is 0 Å². The van der Waals surface area contributed by atoms with Gasteiger partial charge in [0.15, 0.2) is 5.09 Å². The van der Waals surface area contributed by atoms with Gasteiger partial charge in [-0.2, -0.15) is 0 Å². The maximum Gasteiger partial charge on any atom is 0.255 e. The van der Waals surface area contributed by atoms with E-state index in [1.807, 2.05) is 5.41 Å². The summed E-state index contributed by atoms with van der Waals surface area (Å²) in [6, 6.07) is 0. The number of rotatable bonds is 2. The molecule has 9 heteroatoms. The summed E-state index contributed by atoms with van der Waals surface area (Å²) in [5.74, 6) is 0. The first-order valence-corrected chi connectivity index (χ1v) is 11.9. The summed E-state index contributed by atoms with van der Waals surface area (Å²) in [6.45, 7) is 0. The first kappa shape index (κ1) is 15.5. The van der Waals surface area contributed by atoms with Crippen LogP contribution in [0.4, 0.5) is 0 Å². The monoisotopic (exact) mass is 396 g/mol. The Kier molecular flexibility index (Phi) is 5.28. The topological polar surface area (TPSA) is 26.3 Å². The molecule has 20 heavy (non-hydrogen) atoms. The molecule has 2 nitrogen and oxygen atoms in total. The molecule has 1 aromatic rings. The van der Waals surface area contributed by atoms with Crippen molar-refractivity contribution in [1.82, 2.24) is 0 Å². The molecule has 0 aromatic carbocycles. The van der Waals surface area contributed by atoms with E-state index in [0.717, 1.165) is 8.38 Å². The first-order chi connectivity index (χ1) is 9.72. The zero-order valence-electron chi connectivity index (χ0n) is 10.3. The van der Waals surface area contributed by atoms with Crippen LogP contribution < -0.4 is 13.1 Å². The molecule has 2 aliphatic heterocycles. The molecule has 0 radical (unpaired) electrons. The zero-order chi connectivity index (χ0) is 14.1. The minimum absolute atomic E-state index is 0.0909. The predicted molar refractivity (Wildman–Crippen MR) is 102 cm³/mol. The lowest BCUT2D eigenvalue weighted by Crippen LogP contribution is -2.16. The lowest BCUT2D eigenvalue weighted by atomic mass is 10.8. The Labute approximate surface area is 145 Å². The van der Waals surface area contributed by atoms with Crippen LogP contribution in [0.15, 0.2) is 24.9 Å². The van der Waals surface area contributed by atoms with Crippen molar-refractivity contribution >= 4 is 90.8 Å². The largest absolute Gasteiger partial charge is 0.456 e. The molecule has 106 valence electrons. The Morgan fingerprint density at radius 1 is 1.10 bits per heavy atom. The summed E-state index contributed by atoms with van der Waals surface area (Å²) >= 11 is 11.4. The van der Waals surface area contributed by atoms with Crippen molar-refractivity contribution in [2.45, 2.75) is 0 Å². The highest BCUT2D eigenvalue weighted by Gasteiger charge is 2.22. The third kappa shape index (κ3) is 3.04. The van der Waals surface area contributed by atoms with Crippen molar-refractivity contribution in [2.24, 2.45) is 0 Å². The van der Waals surface area contributed by atoms with E-state index in [4.69, 9.17) is 4.74 Å². The molecule has 0 N–H and O–H groups in total. The second kappa shape index (κ2) is 6.80. The standard InChI is InChI=1S/C11H8O2S7/c1-14-8-9(15-2)20-11(19-8)10-17-5(6(12)18-10)7-13-3-4-16-7/h3-4H,1-2H3/b7-5-. The van der Waals surface area contributed by atoms with Gasteiger partial charge in [-0.1, -0.05) is 46.6 Å². The Balaban J connectivity index is 2.06. The number of hydrogen-bond donors (Lipinski definition) is 0. The van der Waals surface area contributed by atoms with E-state index in [1.54, 1.807) is 53.3 Å². The van der Waals surface area contributed by atoms with Gasteiger partial charge in [-0.3, -0.25) is 4.79 Å². The lowest BCUT2D eigenvalue weighted by Gasteiger charge is -1.94. The summed E-state index contributed by atoms with van der Waals surface area (Å²) in [4.78, 5) is 12.1. The lowest BCUT2D eigenvalue weighted by molar-refractivity contribution is 0.458. The summed E-state index contributed by atoms with van der Waals surface area (Å²) < 4.78 is 11.1. The molecule has 1 aromatic heterocycles. The van der Waals surface area contributed by atoms with Crippen molar-refractivity contribution in [1.29, 1.82) is 0 Å². The maximum atomic E-state index is 12.1. The molecule has 0 saturated carbocycles. The molecular weight excluding hydrogens is 389 g/mol. The molecule has 0 amide bonds. The zero-order valence-corrected chi connectivity index (χ0v) is 16.0. The smallest absolute Gasteiger partial charge is 0.255 e. The van der Waals surface area contributed by atoms with Crippen LogP contribution in [0.3, 0.4) is 0 Å². The second-order valence-corrected chi connectivity index (χ2v) is 11.0. The minimum atomic E-state index is 0.0909. The molecule has 2 aliphatic rings. The van der Waals surface area contributed by atoms with Crippen LogP contribution in [0.5, 0.6) is 0 Å². The Morgan fingerprint density at radius 2 is 1.80 bits per heavy atom. The van der Waals surface area contributed by atoms with E-state index in [9.17, 15) is 4.79 Å². The molecule has 0 atom stereocenters. The predicted octanol–water partition coefficient (Wildman–Crippen LogP) is 3.87. The van der Waals surface area contributed by atoms with Gasteiger partial charge in [0, 0.05) is 5.41 Å². The SMILES string of the molecule is CSC1=C(SC)SC(=c2sc(=O)/c(=C3\OC=CS3)s2)S1. The molecule has 0 unspecified atom stereocenters. The molecule has 0 bridgehead atoms. The average Bonchev–Trinajstić information content (AvgIpc) is 3.16. The van der Waals surface area contributed by atoms with Gasteiger partial charge < -0.3 is 4.74 Å². The average molecular weight is 397 g/mol. The maximum absolute atomic E-state index is 12.1. The number of hydrogen-bond acceptors (Lipinski definition) is 9. The van der Waals surface area contributed by atoms with Gasteiger partial charge in [-0.05, 0) is 12.5 Å². The van der Waals surface area contributed by atoms with Crippen LogP contribution in [-0.4, -0.2) is 12.5 Å². The normalized spacial score (nSPS) is 21.0. The number of thioether (sulfide) groups is 5. The third-order valence-electron chi connectivity index (χ3n) is 2.23. The second-order valence-electron chi connectivity index (χ2n) is 3.38. The van der Waals surface area contributed by atoms with Gasteiger partial charge in [-0.15, -0.1) is 34.9 Å².